The van der Waals surface area contributed by atoms with E-state index >= 15 is 0 Å². The van der Waals surface area contributed by atoms with Gasteiger partial charge in [-0.25, -0.2) is 9.69 Å². The highest BCUT2D eigenvalue weighted by Gasteiger charge is 2.51. The summed E-state index contributed by atoms with van der Waals surface area (Å²) in [6.07, 6.45) is 0.177. The van der Waals surface area contributed by atoms with Gasteiger partial charge in [0.05, 0.1) is 11.8 Å². The number of hydrogen-bond acceptors (Lipinski definition) is 6. The lowest BCUT2D eigenvalue weighted by Gasteiger charge is -2.37. The molecule has 9 heteroatoms. The molecule has 2 unspecified atom stereocenters. The number of hydrogen-bond donors (Lipinski definition) is 2. The molecule has 1 saturated heterocycles. The number of urea groups is 1. The number of nitrogens with one attached hydrogen (secondary N) is 2. The Morgan fingerprint density at radius 1 is 1.08 bits per heavy atom. The Morgan fingerprint density at radius 3 is 1.88 bits per heavy atom. The third-order valence-electron chi connectivity index (χ3n) is 4.09. The van der Waals surface area contributed by atoms with E-state index in [1.54, 1.807) is 20.8 Å². The van der Waals surface area contributed by atoms with Crippen molar-refractivity contribution in [1.82, 2.24) is 15.5 Å². The lowest BCUT2D eigenvalue weighted by atomic mass is 10.1. The van der Waals surface area contributed by atoms with Crippen LogP contribution in [0.1, 0.15) is 54.9 Å². The molecule has 0 bridgehead atoms. The predicted octanol–water partition coefficient (Wildman–Crippen LogP) is 1.62. The van der Waals surface area contributed by atoms with Crippen LogP contribution < -0.4 is 10.6 Å². The fraction of sp³-hybridized carbons (Fsp3) is 0.875. The maximum atomic E-state index is 12.5. The minimum atomic E-state index is -3.00. The minimum Gasteiger partial charge on any atom is -0.373 e. The van der Waals surface area contributed by atoms with E-state index in [0.29, 0.717) is 26.2 Å². The van der Waals surface area contributed by atoms with Crippen LogP contribution in [0, 0.1) is 0 Å². The van der Waals surface area contributed by atoms with E-state index in [2.05, 4.69) is 10.6 Å². The molecule has 1 rings (SSSR count). The summed E-state index contributed by atoms with van der Waals surface area (Å²) >= 11 is 0. The average Bonchev–Trinajstić information content (AvgIpc) is 2.73. The third-order valence-corrected chi connectivity index (χ3v) is 7.59. The Labute approximate surface area is 151 Å². The lowest BCUT2D eigenvalue weighted by Crippen LogP contribution is -2.65. The molecule has 0 aromatic rings. The van der Waals surface area contributed by atoms with Gasteiger partial charge in [-0.15, -0.1) is 0 Å². The topological polar surface area (TPSA) is 89.1 Å². The molecule has 1 aliphatic heterocycles. The van der Waals surface area contributed by atoms with Crippen molar-refractivity contribution >= 4 is 20.7 Å². The monoisotopic (exact) mass is 375 g/mol. The van der Waals surface area contributed by atoms with Gasteiger partial charge in [0.2, 0.25) is 0 Å². The van der Waals surface area contributed by atoms with Gasteiger partial charge in [0, 0.05) is 19.8 Å². The van der Waals surface area contributed by atoms with E-state index in [9.17, 15) is 9.59 Å². The second kappa shape index (κ2) is 9.09. The smallest absolute Gasteiger partial charge is 0.373 e. The molecule has 2 N–H and O–H groups in total. The van der Waals surface area contributed by atoms with Gasteiger partial charge in [-0.05, 0) is 48.0 Å². The molecule has 25 heavy (non-hydrogen) atoms. The van der Waals surface area contributed by atoms with Crippen molar-refractivity contribution in [2.75, 3.05) is 19.8 Å². The summed E-state index contributed by atoms with van der Waals surface area (Å²) in [6, 6.07) is -0.402. The molecule has 0 saturated carbocycles. The van der Waals surface area contributed by atoms with Crippen LogP contribution in [0.2, 0.25) is 0 Å². The Hall–Kier alpha value is -1.00. The van der Waals surface area contributed by atoms with Gasteiger partial charge in [-0.1, -0.05) is 6.92 Å². The zero-order valence-corrected chi connectivity index (χ0v) is 17.5. The summed E-state index contributed by atoms with van der Waals surface area (Å²) in [5, 5.41) is 6.03. The van der Waals surface area contributed by atoms with Crippen molar-refractivity contribution in [2.45, 2.75) is 72.3 Å². The zero-order valence-electron chi connectivity index (χ0n) is 16.5. The molecule has 8 nitrogen and oxygen atoms in total. The van der Waals surface area contributed by atoms with Gasteiger partial charge in [0.15, 0.2) is 0 Å². The maximum Gasteiger partial charge on any atom is 0.518 e. The normalized spacial score (nSPS) is 19.9. The van der Waals surface area contributed by atoms with Crippen LogP contribution >= 0.6 is 0 Å². The van der Waals surface area contributed by atoms with Crippen LogP contribution in [0.3, 0.4) is 0 Å². The van der Waals surface area contributed by atoms with Crippen molar-refractivity contribution < 1.29 is 22.9 Å². The molecular weight excluding hydrogens is 342 g/mol. The van der Waals surface area contributed by atoms with Crippen LogP contribution in [-0.2, 0) is 18.1 Å². The minimum absolute atomic E-state index is 0.230. The van der Waals surface area contributed by atoms with Crippen LogP contribution in [0.15, 0.2) is 0 Å². The van der Waals surface area contributed by atoms with Gasteiger partial charge in [0.25, 0.3) is 5.91 Å². The molecule has 0 aromatic heterocycles. The largest absolute Gasteiger partial charge is 0.518 e. The highest BCUT2D eigenvalue weighted by Crippen LogP contribution is 2.22. The van der Waals surface area contributed by atoms with Crippen LogP contribution in [0.25, 0.3) is 0 Å². The van der Waals surface area contributed by atoms with E-state index in [1.807, 2.05) is 27.7 Å². The first-order valence-corrected chi connectivity index (χ1v) is 10.8. The van der Waals surface area contributed by atoms with Gasteiger partial charge in [0.1, 0.15) is 5.54 Å². The molecule has 1 heterocycles. The number of nitrogens with zero attached hydrogens (tertiary/aromatic N) is 1. The third kappa shape index (κ3) is 4.79. The Bertz CT molecular complexity index is 458. The zero-order chi connectivity index (χ0) is 19.3. The number of amides is 3. The average molecular weight is 376 g/mol. The summed E-state index contributed by atoms with van der Waals surface area (Å²) < 4.78 is 17.8. The summed E-state index contributed by atoms with van der Waals surface area (Å²) in [4.78, 5) is 25.9. The molecule has 2 atom stereocenters. The first kappa shape index (κ1) is 22.0. The summed E-state index contributed by atoms with van der Waals surface area (Å²) in [7, 11) is -3.00. The van der Waals surface area contributed by atoms with Gasteiger partial charge < -0.3 is 18.6 Å². The van der Waals surface area contributed by atoms with Crippen molar-refractivity contribution in [1.29, 1.82) is 0 Å². The molecule has 0 radical (unpaired) electrons. The van der Waals surface area contributed by atoms with Gasteiger partial charge in [-0.2, -0.15) is 0 Å². The van der Waals surface area contributed by atoms with E-state index in [4.69, 9.17) is 13.3 Å². The second-order valence-corrected chi connectivity index (χ2v) is 9.21. The molecule has 0 aromatic carbocycles. The quantitative estimate of drug-likeness (QED) is 0.421. The highest BCUT2D eigenvalue weighted by atomic mass is 28.4. The van der Waals surface area contributed by atoms with Crippen LogP contribution in [-0.4, -0.2) is 62.8 Å². The van der Waals surface area contributed by atoms with Gasteiger partial charge in [-0.3, -0.25) is 10.1 Å². The summed E-state index contributed by atoms with van der Waals surface area (Å²) in [5.41, 5.74) is -1.13. The molecule has 1 fully saturated rings. The first-order valence-electron chi connectivity index (χ1n) is 9.02. The predicted molar refractivity (Wildman–Crippen MR) is 96.8 cm³/mol. The fourth-order valence-electron chi connectivity index (χ4n) is 2.99. The number of imide groups is 1. The fourth-order valence-corrected chi connectivity index (χ4v) is 6.00. The lowest BCUT2D eigenvalue weighted by molar-refractivity contribution is -0.132. The second-order valence-electron chi connectivity index (χ2n) is 6.44. The molecular formula is C16H33N3O5Si. The number of carbonyl (C=O) groups is 2. The van der Waals surface area contributed by atoms with Crippen molar-refractivity contribution in [3.05, 3.63) is 0 Å². The molecule has 0 aliphatic carbocycles. The van der Waals surface area contributed by atoms with Crippen molar-refractivity contribution in [2.24, 2.45) is 0 Å². The van der Waals surface area contributed by atoms with Crippen molar-refractivity contribution in [3.8, 4) is 0 Å². The molecule has 3 amide bonds. The van der Waals surface area contributed by atoms with E-state index in [-0.39, 0.29) is 11.6 Å². The Balaban J connectivity index is 3.01. The van der Waals surface area contributed by atoms with E-state index in [0.717, 1.165) is 0 Å². The molecule has 146 valence electrons. The van der Waals surface area contributed by atoms with E-state index in [1.165, 1.54) is 4.90 Å². The van der Waals surface area contributed by atoms with Crippen LogP contribution in [0.4, 0.5) is 4.79 Å². The van der Waals surface area contributed by atoms with E-state index < -0.39 is 26.5 Å². The SMILES string of the molecule is CCO[Si](OCC)(OCC)C(CC)NC(C)N1C(=O)NC(C)(C)C1=O. The van der Waals surface area contributed by atoms with Crippen LogP contribution in [0.5, 0.6) is 0 Å². The standard InChI is InChI=1S/C16H33N3O5Si/c1-8-13(25(22-9-2,23-10-3)24-11-4)17-12(5)19-14(20)16(6,7)18-15(19)21/h12-13,17H,8-11H2,1-7H3,(H,18,21). The summed E-state index contributed by atoms with van der Waals surface area (Å²) in [6.45, 7) is 14.3. The molecule has 1 aliphatic rings. The number of carbonyl (C=O) groups excluding carboxylic acids is 2. The molecule has 0 spiro atoms. The maximum absolute atomic E-state index is 12.5. The van der Waals surface area contributed by atoms with Crippen molar-refractivity contribution in [3.63, 3.8) is 0 Å². The number of rotatable bonds is 11. The highest BCUT2D eigenvalue weighted by molar-refractivity contribution is 6.62. The Kier molecular flexibility index (Phi) is 8.01. The first-order chi connectivity index (χ1) is 11.7. The van der Waals surface area contributed by atoms with Gasteiger partial charge >= 0.3 is 14.8 Å². The summed E-state index contributed by atoms with van der Waals surface area (Å²) in [5.74, 6) is -0.260. The Morgan fingerprint density at radius 2 is 1.56 bits per heavy atom.